The first kappa shape index (κ1) is 19.9. The number of esters is 1. The number of carbonyl (C=O) groups excluding carboxylic acids is 2. The van der Waals surface area contributed by atoms with E-state index in [9.17, 15) is 14.0 Å². The lowest BCUT2D eigenvalue weighted by atomic mass is 10.1. The summed E-state index contributed by atoms with van der Waals surface area (Å²) in [5, 5.41) is 5.60. The Morgan fingerprint density at radius 3 is 2.71 bits per heavy atom. The van der Waals surface area contributed by atoms with Crippen LogP contribution >= 0.6 is 0 Å². The Kier molecular flexibility index (Phi) is 6.28. The SMILES string of the molecule is CCOC(=O)[C@H](C)NC(=O)Nc1cc(F)c2nc(N3CCCCC3)ccc2c1. The van der Waals surface area contributed by atoms with Gasteiger partial charge in [0.25, 0.3) is 0 Å². The number of urea groups is 1. The average Bonchev–Trinajstić information content (AvgIpc) is 2.68. The van der Waals surface area contributed by atoms with Gasteiger partial charge in [-0.1, -0.05) is 0 Å². The third kappa shape index (κ3) is 4.68. The van der Waals surface area contributed by atoms with E-state index in [0.29, 0.717) is 5.39 Å². The van der Waals surface area contributed by atoms with Crippen molar-refractivity contribution in [3.05, 3.63) is 30.1 Å². The summed E-state index contributed by atoms with van der Waals surface area (Å²) in [6.45, 7) is 5.30. The maximum absolute atomic E-state index is 14.6. The summed E-state index contributed by atoms with van der Waals surface area (Å²) >= 11 is 0. The molecular formula is C20H25FN4O3. The molecule has 7 nitrogen and oxygen atoms in total. The van der Waals surface area contributed by atoms with E-state index >= 15 is 0 Å². The molecule has 0 saturated carbocycles. The number of ether oxygens (including phenoxy) is 1. The molecule has 2 amide bonds. The summed E-state index contributed by atoms with van der Waals surface area (Å²) < 4.78 is 19.4. The summed E-state index contributed by atoms with van der Waals surface area (Å²) in [5.74, 6) is -0.269. The van der Waals surface area contributed by atoms with Crippen molar-refractivity contribution in [2.75, 3.05) is 29.9 Å². The fourth-order valence-electron chi connectivity index (χ4n) is 3.24. The Labute approximate surface area is 163 Å². The smallest absolute Gasteiger partial charge is 0.328 e. The molecule has 1 atom stereocenters. The number of amides is 2. The zero-order valence-corrected chi connectivity index (χ0v) is 16.1. The van der Waals surface area contributed by atoms with Crippen LogP contribution in [0.1, 0.15) is 33.1 Å². The summed E-state index contributed by atoms with van der Waals surface area (Å²) in [7, 11) is 0. The highest BCUT2D eigenvalue weighted by Crippen LogP contribution is 2.26. The monoisotopic (exact) mass is 388 g/mol. The molecule has 0 bridgehead atoms. The maximum Gasteiger partial charge on any atom is 0.328 e. The lowest BCUT2D eigenvalue weighted by Gasteiger charge is -2.27. The molecule has 0 unspecified atom stereocenters. The molecule has 1 fully saturated rings. The second-order valence-electron chi connectivity index (χ2n) is 6.82. The maximum atomic E-state index is 14.6. The van der Waals surface area contributed by atoms with Gasteiger partial charge in [0.05, 0.1) is 6.61 Å². The standard InChI is InChI=1S/C20H25FN4O3/c1-3-28-19(26)13(2)22-20(27)23-15-11-14-7-8-17(24-18(14)16(21)12-15)25-9-5-4-6-10-25/h7-8,11-13H,3-6,9-10H2,1-2H3,(H2,22,23,27)/t13-/m0/s1. The van der Waals surface area contributed by atoms with Gasteiger partial charge in [-0.05, 0) is 57.4 Å². The van der Waals surface area contributed by atoms with Gasteiger partial charge >= 0.3 is 12.0 Å². The normalized spacial score (nSPS) is 15.2. The summed E-state index contributed by atoms with van der Waals surface area (Å²) in [6, 6.07) is 5.14. The first-order valence-corrected chi connectivity index (χ1v) is 9.57. The number of nitrogens with zero attached hydrogens (tertiary/aromatic N) is 2. The fraction of sp³-hybridized carbons (Fsp3) is 0.450. The van der Waals surface area contributed by atoms with Crippen molar-refractivity contribution in [1.82, 2.24) is 10.3 Å². The van der Waals surface area contributed by atoms with Gasteiger partial charge in [-0.15, -0.1) is 0 Å². The molecule has 1 aromatic carbocycles. The first-order chi connectivity index (χ1) is 13.5. The van der Waals surface area contributed by atoms with Gasteiger partial charge in [0.1, 0.15) is 17.4 Å². The summed E-state index contributed by atoms with van der Waals surface area (Å²) in [6.07, 6.45) is 3.44. The number of aromatic nitrogens is 1. The van der Waals surface area contributed by atoms with Crippen LogP contribution in [0.15, 0.2) is 24.3 Å². The molecule has 1 aliphatic heterocycles. The van der Waals surface area contributed by atoms with Crippen LogP contribution in [0.2, 0.25) is 0 Å². The number of hydrogen-bond acceptors (Lipinski definition) is 5. The second kappa shape index (κ2) is 8.86. The third-order valence-electron chi connectivity index (χ3n) is 4.66. The van der Waals surface area contributed by atoms with Crippen LogP contribution in [0.25, 0.3) is 10.9 Å². The molecule has 3 rings (SSSR count). The number of rotatable bonds is 5. The third-order valence-corrected chi connectivity index (χ3v) is 4.66. The lowest BCUT2D eigenvalue weighted by Crippen LogP contribution is -2.41. The van der Waals surface area contributed by atoms with Crippen LogP contribution in [-0.4, -0.2) is 42.7 Å². The first-order valence-electron chi connectivity index (χ1n) is 9.57. The number of carbonyl (C=O) groups is 2. The van der Waals surface area contributed by atoms with E-state index in [2.05, 4.69) is 20.5 Å². The van der Waals surface area contributed by atoms with Crippen molar-refractivity contribution in [2.45, 2.75) is 39.2 Å². The Bertz CT molecular complexity index is 868. The number of pyridine rings is 1. The predicted molar refractivity (Wildman–Crippen MR) is 106 cm³/mol. The number of halogens is 1. The minimum atomic E-state index is -0.806. The van der Waals surface area contributed by atoms with Crippen molar-refractivity contribution in [3.8, 4) is 0 Å². The van der Waals surface area contributed by atoms with Gasteiger partial charge in [-0.25, -0.2) is 19.0 Å². The molecule has 0 spiro atoms. The number of hydrogen-bond donors (Lipinski definition) is 2. The van der Waals surface area contributed by atoms with Crippen LogP contribution in [0.5, 0.6) is 0 Å². The quantitative estimate of drug-likeness (QED) is 0.767. The van der Waals surface area contributed by atoms with Gasteiger partial charge in [-0.2, -0.15) is 0 Å². The number of piperidine rings is 1. The van der Waals surface area contributed by atoms with Crippen molar-refractivity contribution in [2.24, 2.45) is 0 Å². The highest BCUT2D eigenvalue weighted by molar-refractivity contribution is 5.95. The van der Waals surface area contributed by atoms with E-state index in [4.69, 9.17) is 4.74 Å². The molecule has 2 heterocycles. The Hall–Kier alpha value is -2.90. The van der Waals surface area contributed by atoms with E-state index in [1.54, 1.807) is 19.1 Å². The molecule has 2 N–H and O–H groups in total. The van der Waals surface area contributed by atoms with Crippen LogP contribution in [0.3, 0.4) is 0 Å². The molecule has 2 aromatic rings. The van der Waals surface area contributed by atoms with Crippen molar-refractivity contribution >= 4 is 34.4 Å². The molecule has 1 aliphatic rings. The highest BCUT2D eigenvalue weighted by atomic mass is 19.1. The summed E-state index contributed by atoms with van der Waals surface area (Å²) in [4.78, 5) is 30.3. The molecule has 28 heavy (non-hydrogen) atoms. The molecule has 0 aliphatic carbocycles. The highest BCUT2D eigenvalue weighted by Gasteiger charge is 2.18. The minimum Gasteiger partial charge on any atom is -0.464 e. The van der Waals surface area contributed by atoms with E-state index in [1.165, 1.54) is 19.4 Å². The number of anilines is 2. The van der Waals surface area contributed by atoms with E-state index in [1.807, 2.05) is 6.07 Å². The number of fused-ring (bicyclic) bond motifs is 1. The van der Waals surface area contributed by atoms with Crippen LogP contribution in [-0.2, 0) is 9.53 Å². The van der Waals surface area contributed by atoms with Gasteiger partial charge in [0, 0.05) is 24.2 Å². The average molecular weight is 388 g/mol. The van der Waals surface area contributed by atoms with Crippen LogP contribution < -0.4 is 15.5 Å². The number of nitrogens with one attached hydrogen (secondary N) is 2. The van der Waals surface area contributed by atoms with E-state index in [-0.39, 0.29) is 17.8 Å². The Morgan fingerprint density at radius 1 is 1.25 bits per heavy atom. The predicted octanol–water partition coefficient (Wildman–Crippen LogP) is 3.44. The molecule has 150 valence electrons. The molecule has 1 aromatic heterocycles. The fourth-order valence-corrected chi connectivity index (χ4v) is 3.24. The van der Waals surface area contributed by atoms with Crippen molar-refractivity contribution < 1.29 is 18.7 Å². The van der Waals surface area contributed by atoms with Crippen LogP contribution in [0, 0.1) is 5.82 Å². The van der Waals surface area contributed by atoms with E-state index in [0.717, 1.165) is 31.7 Å². The van der Waals surface area contributed by atoms with Gasteiger partial charge < -0.3 is 20.3 Å². The topological polar surface area (TPSA) is 83.6 Å². The van der Waals surface area contributed by atoms with Crippen LogP contribution in [0.4, 0.5) is 20.7 Å². The van der Waals surface area contributed by atoms with Crippen molar-refractivity contribution in [3.63, 3.8) is 0 Å². The lowest BCUT2D eigenvalue weighted by molar-refractivity contribution is -0.144. The molecule has 1 saturated heterocycles. The Balaban J connectivity index is 1.72. The van der Waals surface area contributed by atoms with Gasteiger partial charge in [-0.3, -0.25) is 0 Å². The summed E-state index contributed by atoms with van der Waals surface area (Å²) in [5.41, 5.74) is 0.556. The largest absolute Gasteiger partial charge is 0.464 e. The zero-order valence-electron chi connectivity index (χ0n) is 16.1. The second-order valence-corrected chi connectivity index (χ2v) is 6.82. The molecule has 8 heteroatoms. The zero-order chi connectivity index (χ0) is 20.1. The van der Waals surface area contributed by atoms with Crippen molar-refractivity contribution in [1.29, 1.82) is 0 Å². The van der Waals surface area contributed by atoms with Gasteiger partial charge in [0.2, 0.25) is 0 Å². The van der Waals surface area contributed by atoms with E-state index < -0.39 is 23.9 Å². The van der Waals surface area contributed by atoms with Gasteiger partial charge in [0.15, 0.2) is 5.82 Å². The Morgan fingerprint density at radius 2 is 2.00 bits per heavy atom. The minimum absolute atomic E-state index is 0.231. The molecular weight excluding hydrogens is 363 g/mol. The molecule has 0 radical (unpaired) electrons. The number of benzene rings is 1.